The number of amides is 1. The molecular weight excluding hydrogens is 226 g/mol. The van der Waals surface area contributed by atoms with E-state index in [1.807, 2.05) is 4.90 Å². The van der Waals surface area contributed by atoms with E-state index >= 15 is 0 Å². The van der Waals surface area contributed by atoms with Crippen molar-refractivity contribution in [1.82, 2.24) is 4.90 Å². The number of hydrogen-bond donors (Lipinski definition) is 0. The van der Waals surface area contributed by atoms with E-state index in [-0.39, 0.29) is 17.2 Å². The fourth-order valence-corrected chi connectivity index (χ4v) is 2.82. The lowest BCUT2D eigenvalue weighted by Gasteiger charge is -2.51. The molecule has 0 N–H and O–H groups in total. The Hall–Kier alpha value is -0.730. The van der Waals surface area contributed by atoms with Gasteiger partial charge in [0, 0.05) is 11.1 Å². The molecule has 18 heavy (non-hydrogen) atoms. The molecule has 0 spiro atoms. The minimum absolute atomic E-state index is 0.125. The molecule has 0 bridgehead atoms. The number of nitrogens with zero attached hydrogens (tertiary/aromatic N) is 1. The summed E-state index contributed by atoms with van der Waals surface area (Å²) in [5.74, 6) is 0. The summed E-state index contributed by atoms with van der Waals surface area (Å²) in [4.78, 5) is 14.2. The van der Waals surface area contributed by atoms with E-state index in [4.69, 9.17) is 4.74 Å². The molecule has 3 heteroatoms. The summed E-state index contributed by atoms with van der Waals surface area (Å²) in [5, 5.41) is 0. The van der Waals surface area contributed by atoms with Crippen molar-refractivity contribution < 1.29 is 9.53 Å². The van der Waals surface area contributed by atoms with Gasteiger partial charge in [0.25, 0.3) is 0 Å². The lowest BCUT2D eigenvalue weighted by atomic mass is 9.80. The largest absolute Gasteiger partial charge is 0.449 e. The molecule has 0 saturated carbocycles. The van der Waals surface area contributed by atoms with E-state index in [0.717, 1.165) is 32.1 Å². The van der Waals surface area contributed by atoms with E-state index < -0.39 is 0 Å². The second kappa shape index (κ2) is 5.94. The van der Waals surface area contributed by atoms with E-state index in [9.17, 15) is 4.79 Å². The van der Waals surface area contributed by atoms with Gasteiger partial charge >= 0.3 is 6.09 Å². The molecule has 0 unspecified atom stereocenters. The summed E-state index contributed by atoms with van der Waals surface area (Å²) in [6, 6.07) is 0. The molecule has 0 aromatic carbocycles. The molecule has 1 rings (SSSR count). The first-order valence-corrected chi connectivity index (χ1v) is 7.13. The quantitative estimate of drug-likeness (QED) is 0.705. The molecule has 1 radical (unpaired) electrons. The van der Waals surface area contributed by atoms with Crippen LogP contribution in [0.15, 0.2) is 0 Å². The summed E-state index contributed by atoms with van der Waals surface area (Å²) in [5.41, 5.74) is -0.344. The van der Waals surface area contributed by atoms with Crippen LogP contribution in [0.25, 0.3) is 0 Å². The average Bonchev–Trinajstić information content (AvgIpc) is 2.21. The van der Waals surface area contributed by atoms with Crippen LogP contribution >= 0.6 is 0 Å². The van der Waals surface area contributed by atoms with Gasteiger partial charge in [-0.3, -0.25) is 4.90 Å². The number of rotatable bonds is 4. The third-order valence-corrected chi connectivity index (χ3v) is 3.74. The molecule has 0 aromatic rings. The summed E-state index contributed by atoms with van der Waals surface area (Å²) < 4.78 is 5.42. The monoisotopic (exact) mass is 254 g/mol. The number of hydrogen-bond acceptors (Lipinski definition) is 2. The van der Waals surface area contributed by atoms with Crippen molar-refractivity contribution in [3.05, 3.63) is 6.42 Å². The van der Waals surface area contributed by atoms with E-state index in [1.54, 1.807) is 0 Å². The van der Waals surface area contributed by atoms with Crippen LogP contribution < -0.4 is 0 Å². The highest BCUT2D eigenvalue weighted by molar-refractivity contribution is 5.70. The molecule has 105 valence electrons. The first kappa shape index (κ1) is 15.3. The maximum Gasteiger partial charge on any atom is 0.410 e. The Morgan fingerprint density at radius 3 is 2.50 bits per heavy atom. The van der Waals surface area contributed by atoms with Crippen LogP contribution in [0.5, 0.6) is 0 Å². The highest BCUT2D eigenvalue weighted by Crippen LogP contribution is 2.37. The molecule has 0 aliphatic carbocycles. The maximum absolute atomic E-state index is 12.3. The Kier molecular flexibility index (Phi) is 5.06. The van der Waals surface area contributed by atoms with Gasteiger partial charge in [-0.2, -0.15) is 0 Å². The Bertz CT molecular complexity index is 268. The third kappa shape index (κ3) is 3.63. The van der Waals surface area contributed by atoms with Crippen molar-refractivity contribution in [2.24, 2.45) is 0 Å². The zero-order valence-electron chi connectivity index (χ0n) is 12.6. The molecule has 1 heterocycles. The molecule has 1 amide bonds. The standard InChI is InChI=1S/C15H28NO2/c1-6-7-8-12-18-13(17)16-14(2,3)10-9-11-15(16,4)5/h10H,6-9,11-12H2,1-5H3. The zero-order chi connectivity index (χ0) is 13.8. The lowest BCUT2D eigenvalue weighted by molar-refractivity contribution is -0.00186. The van der Waals surface area contributed by atoms with Crippen LogP contribution in [0.2, 0.25) is 0 Å². The Morgan fingerprint density at radius 2 is 1.94 bits per heavy atom. The van der Waals surface area contributed by atoms with Gasteiger partial charge in [-0.25, -0.2) is 4.79 Å². The van der Waals surface area contributed by atoms with Gasteiger partial charge in [-0.05, 0) is 53.4 Å². The smallest absolute Gasteiger partial charge is 0.410 e. The first-order valence-electron chi connectivity index (χ1n) is 7.13. The van der Waals surface area contributed by atoms with E-state index in [0.29, 0.717) is 6.61 Å². The summed E-state index contributed by atoms with van der Waals surface area (Å²) in [7, 11) is 0. The highest BCUT2D eigenvalue weighted by Gasteiger charge is 2.45. The summed E-state index contributed by atoms with van der Waals surface area (Å²) >= 11 is 0. The minimum Gasteiger partial charge on any atom is -0.449 e. The molecule has 0 atom stereocenters. The molecule has 3 nitrogen and oxygen atoms in total. The molecular formula is C15H28NO2. The highest BCUT2D eigenvalue weighted by atomic mass is 16.6. The van der Waals surface area contributed by atoms with Gasteiger partial charge in [-0.1, -0.05) is 19.8 Å². The fraction of sp³-hybridized carbons (Fsp3) is 0.867. The predicted molar refractivity (Wildman–Crippen MR) is 74.4 cm³/mol. The number of carbonyl (C=O) groups excluding carboxylic acids is 1. The topological polar surface area (TPSA) is 29.5 Å². The Balaban J connectivity index is 2.62. The Morgan fingerprint density at radius 1 is 1.28 bits per heavy atom. The number of piperidine rings is 1. The van der Waals surface area contributed by atoms with Crippen molar-refractivity contribution in [2.75, 3.05) is 6.61 Å². The van der Waals surface area contributed by atoms with Gasteiger partial charge < -0.3 is 4.74 Å². The van der Waals surface area contributed by atoms with Gasteiger partial charge in [0.2, 0.25) is 0 Å². The van der Waals surface area contributed by atoms with Crippen LogP contribution in [0.1, 0.15) is 66.7 Å². The number of carbonyl (C=O) groups is 1. The third-order valence-electron chi connectivity index (χ3n) is 3.74. The zero-order valence-corrected chi connectivity index (χ0v) is 12.6. The molecule has 0 aromatic heterocycles. The van der Waals surface area contributed by atoms with Crippen molar-refractivity contribution in [2.45, 2.75) is 77.8 Å². The van der Waals surface area contributed by atoms with E-state index in [1.165, 1.54) is 0 Å². The van der Waals surface area contributed by atoms with Crippen LogP contribution in [-0.2, 0) is 4.74 Å². The van der Waals surface area contributed by atoms with Gasteiger partial charge in [0.1, 0.15) is 0 Å². The average molecular weight is 254 g/mol. The van der Waals surface area contributed by atoms with Gasteiger partial charge in [0.05, 0.1) is 6.61 Å². The van der Waals surface area contributed by atoms with Gasteiger partial charge in [0.15, 0.2) is 0 Å². The summed E-state index contributed by atoms with van der Waals surface area (Å²) in [6.07, 6.45) is 7.32. The Labute approximate surface area is 112 Å². The number of unbranched alkanes of at least 4 members (excludes halogenated alkanes) is 2. The minimum atomic E-state index is -0.219. The van der Waals surface area contributed by atoms with Crippen molar-refractivity contribution in [1.29, 1.82) is 0 Å². The SMILES string of the molecule is CCCCCOC(=O)N1C(C)(C)[CH]CCC1(C)C. The normalized spacial score (nSPS) is 21.7. The lowest BCUT2D eigenvalue weighted by Crippen LogP contribution is -2.61. The van der Waals surface area contributed by atoms with Crippen LogP contribution in [0.4, 0.5) is 4.79 Å². The van der Waals surface area contributed by atoms with Crippen molar-refractivity contribution in [3.63, 3.8) is 0 Å². The summed E-state index contributed by atoms with van der Waals surface area (Å²) in [6.45, 7) is 11.1. The fourth-order valence-electron chi connectivity index (χ4n) is 2.82. The van der Waals surface area contributed by atoms with Crippen LogP contribution in [0.3, 0.4) is 0 Å². The molecule has 1 fully saturated rings. The van der Waals surface area contributed by atoms with E-state index in [2.05, 4.69) is 41.0 Å². The van der Waals surface area contributed by atoms with Crippen LogP contribution in [-0.4, -0.2) is 28.7 Å². The number of ether oxygens (including phenoxy) is 1. The van der Waals surface area contributed by atoms with Crippen molar-refractivity contribution >= 4 is 6.09 Å². The first-order chi connectivity index (χ1) is 8.31. The van der Waals surface area contributed by atoms with Gasteiger partial charge in [-0.15, -0.1) is 0 Å². The second-order valence-corrected chi connectivity index (χ2v) is 6.37. The van der Waals surface area contributed by atoms with Crippen molar-refractivity contribution in [3.8, 4) is 0 Å². The van der Waals surface area contributed by atoms with Crippen LogP contribution in [0, 0.1) is 6.42 Å². The molecule has 1 aliphatic heterocycles. The molecule has 1 aliphatic rings. The molecule has 1 saturated heterocycles. The second-order valence-electron chi connectivity index (χ2n) is 6.37. The maximum atomic E-state index is 12.3. The number of likely N-dealkylation sites (tertiary alicyclic amines) is 1. The predicted octanol–water partition coefficient (Wildman–Crippen LogP) is 4.17.